The zero-order valence-electron chi connectivity index (χ0n) is 25.5. The second-order valence-corrected chi connectivity index (χ2v) is 8.89. The zero-order valence-corrected chi connectivity index (χ0v) is 25.5. The Labute approximate surface area is 259 Å². The van der Waals surface area contributed by atoms with E-state index in [4.69, 9.17) is 52.5 Å². The number of benzene rings is 1. The summed E-state index contributed by atoms with van der Waals surface area (Å²) in [4.78, 5) is 32.6. The van der Waals surface area contributed by atoms with Crippen LogP contribution in [0, 0.1) is 0 Å². The number of carbonyl (C=O) groups excluding carboxylic acids is 2. The molecule has 1 aromatic carbocycles. The van der Waals surface area contributed by atoms with Gasteiger partial charge in [-0.05, 0) is 5.56 Å². The Morgan fingerprint density at radius 2 is 0.795 bits per heavy atom. The van der Waals surface area contributed by atoms with Gasteiger partial charge in [0, 0.05) is 6.42 Å². The Kier molecular flexibility index (Phi) is 27.4. The van der Waals surface area contributed by atoms with E-state index in [1.165, 1.54) is 0 Å². The Balaban J connectivity index is 1.66. The molecule has 0 saturated heterocycles. The zero-order chi connectivity index (χ0) is 31.8. The number of carboxylic acid groups (broad SMARTS) is 1. The van der Waals surface area contributed by atoms with Crippen LogP contribution in [0.25, 0.3) is 0 Å². The fourth-order valence-corrected chi connectivity index (χ4v) is 3.13. The largest absolute Gasteiger partial charge is 0.476 e. The van der Waals surface area contributed by atoms with Crippen molar-refractivity contribution in [2.24, 2.45) is 0 Å². The lowest BCUT2D eigenvalue weighted by Crippen LogP contribution is -2.17. The summed E-state index contributed by atoms with van der Waals surface area (Å²) in [6.07, 6.45) is -0.656. The van der Waals surface area contributed by atoms with Gasteiger partial charge >= 0.3 is 11.9 Å². The van der Waals surface area contributed by atoms with Crippen LogP contribution in [0.4, 0.5) is 0 Å². The van der Waals surface area contributed by atoms with Crippen molar-refractivity contribution in [1.29, 1.82) is 0 Å². The highest BCUT2D eigenvalue weighted by atomic mass is 16.6. The molecule has 0 saturated carbocycles. The van der Waals surface area contributed by atoms with Gasteiger partial charge in [-0.1, -0.05) is 30.3 Å². The SMILES string of the molecule is O=C(CCC(=O)C(=O)O)OCCOCCOCCOCCOCCOCCOCCOCCOCCOCc1ccccc1. The van der Waals surface area contributed by atoms with Gasteiger partial charge in [0.05, 0.1) is 125 Å². The van der Waals surface area contributed by atoms with Crippen LogP contribution in [0.2, 0.25) is 0 Å². The molecule has 0 aliphatic rings. The highest BCUT2D eigenvalue weighted by Crippen LogP contribution is 2.00. The highest BCUT2D eigenvalue weighted by Gasteiger charge is 2.14. The number of ether oxygens (including phenoxy) is 10. The Morgan fingerprint density at radius 3 is 1.16 bits per heavy atom. The average Bonchev–Trinajstić information content (AvgIpc) is 3.03. The number of carbonyl (C=O) groups is 3. The quantitative estimate of drug-likeness (QED) is 0.0670. The van der Waals surface area contributed by atoms with Crippen molar-refractivity contribution < 1.29 is 66.9 Å². The molecule has 0 amide bonds. The maximum Gasteiger partial charge on any atom is 0.372 e. The molecule has 0 spiro atoms. The van der Waals surface area contributed by atoms with Crippen molar-refractivity contribution in [1.82, 2.24) is 0 Å². The standard InChI is InChI=1S/C30H48O14/c31-28(30(33)34)6-7-29(32)44-25-24-42-21-20-40-17-16-38-13-12-36-9-8-35-10-11-37-14-15-39-18-19-41-22-23-43-26-27-4-2-1-3-5-27/h1-5H,6-26H2,(H,33,34). The molecule has 0 heterocycles. The van der Waals surface area contributed by atoms with Crippen molar-refractivity contribution in [2.75, 3.05) is 119 Å². The molecule has 0 aliphatic heterocycles. The normalized spacial score (nSPS) is 11.1. The maximum absolute atomic E-state index is 11.4. The first-order chi connectivity index (χ1) is 21.6. The molecule has 1 N–H and O–H groups in total. The van der Waals surface area contributed by atoms with Crippen LogP contribution in [0.5, 0.6) is 0 Å². The fraction of sp³-hybridized carbons (Fsp3) is 0.700. The predicted octanol–water partition coefficient (Wildman–Crippen LogP) is 1.31. The van der Waals surface area contributed by atoms with E-state index < -0.39 is 17.7 Å². The van der Waals surface area contributed by atoms with Crippen LogP contribution < -0.4 is 0 Å². The van der Waals surface area contributed by atoms with Gasteiger partial charge in [-0.25, -0.2) is 4.79 Å². The third kappa shape index (κ3) is 27.0. The summed E-state index contributed by atoms with van der Waals surface area (Å²) in [5, 5.41) is 8.43. The number of Topliss-reactive ketones (excluding diaryl/α,β-unsaturated/α-hetero) is 1. The monoisotopic (exact) mass is 632 g/mol. The van der Waals surface area contributed by atoms with Gasteiger partial charge in [0.2, 0.25) is 5.78 Å². The second kappa shape index (κ2) is 30.5. The molecule has 14 heteroatoms. The van der Waals surface area contributed by atoms with Gasteiger partial charge in [0.15, 0.2) is 0 Å². The van der Waals surface area contributed by atoms with Crippen molar-refractivity contribution >= 4 is 17.7 Å². The van der Waals surface area contributed by atoms with E-state index >= 15 is 0 Å². The van der Waals surface area contributed by atoms with Crippen LogP contribution in [-0.2, 0) is 68.4 Å². The molecular weight excluding hydrogens is 584 g/mol. The van der Waals surface area contributed by atoms with Crippen molar-refractivity contribution in [2.45, 2.75) is 19.4 Å². The molecule has 0 atom stereocenters. The van der Waals surface area contributed by atoms with Crippen molar-refractivity contribution in [3.05, 3.63) is 35.9 Å². The summed E-state index contributed by atoms with van der Waals surface area (Å²) in [6, 6.07) is 10.0. The van der Waals surface area contributed by atoms with Crippen LogP contribution in [0.15, 0.2) is 30.3 Å². The molecule has 252 valence electrons. The maximum atomic E-state index is 11.4. The predicted molar refractivity (Wildman–Crippen MR) is 155 cm³/mol. The molecule has 1 rings (SSSR count). The number of rotatable bonds is 33. The topological polar surface area (TPSA) is 164 Å². The van der Waals surface area contributed by atoms with Gasteiger partial charge < -0.3 is 52.5 Å². The fourth-order valence-electron chi connectivity index (χ4n) is 3.13. The van der Waals surface area contributed by atoms with E-state index in [1.807, 2.05) is 30.3 Å². The van der Waals surface area contributed by atoms with E-state index in [9.17, 15) is 14.4 Å². The summed E-state index contributed by atoms with van der Waals surface area (Å²) in [5.41, 5.74) is 1.15. The first kappa shape index (κ1) is 39.5. The number of esters is 1. The summed E-state index contributed by atoms with van der Waals surface area (Å²) in [5.74, 6) is -3.23. The third-order valence-electron chi connectivity index (χ3n) is 5.37. The summed E-state index contributed by atoms with van der Waals surface area (Å²) in [6.45, 7) is 8.18. The lowest BCUT2D eigenvalue weighted by atomic mass is 10.2. The number of hydrogen-bond acceptors (Lipinski definition) is 13. The van der Waals surface area contributed by atoms with Gasteiger partial charge in [-0.15, -0.1) is 0 Å². The Hall–Kier alpha value is -2.53. The van der Waals surface area contributed by atoms with Crippen molar-refractivity contribution in [3.8, 4) is 0 Å². The van der Waals surface area contributed by atoms with Gasteiger partial charge in [0.25, 0.3) is 0 Å². The lowest BCUT2D eigenvalue weighted by molar-refractivity contribution is -0.151. The average molecular weight is 633 g/mol. The highest BCUT2D eigenvalue weighted by molar-refractivity contribution is 6.32. The molecule has 14 nitrogen and oxygen atoms in total. The van der Waals surface area contributed by atoms with E-state index in [0.29, 0.717) is 112 Å². The third-order valence-corrected chi connectivity index (χ3v) is 5.37. The van der Waals surface area contributed by atoms with Gasteiger partial charge in [-0.2, -0.15) is 0 Å². The van der Waals surface area contributed by atoms with E-state index in [2.05, 4.69) is 0 Å². The van der Waals surface area contributed by atoms with Gasteiger partial charge in [0.1, 0.15) is 6.61 Å². The molecular formula is C30H48O14. The number of ketones is 1. The lowest BCUT2D eigenvalue weighted by Gasteiger charge is -2.09. The summed E-state index contributed by atoms with van der Waals surface area (Å²) < 4.78 is 53.7. The van der Waals surface area contributed by atoms with Gasteiger partial charge in [-0.3, -0.25) is 9.59 Å². The van der Waals surface area contributed by atoms with E-state index in [-0.39, 0.29) is 26.1 Å². The van der Waals surface area contributed by atoms with E-state index in [1.54, 1.807) is 0 Å². The second-order valence-electron chi connectivity index (χ2n) is 8.89. The van der Waals surface area contributed by atoms with Crippen LogP contribution in [0.1, 0.15) is 18.4 Å². The van der Waals surface area contributed by atoms with Crippen LogP contribution in [0.3, 0.4) is 0 Å². The van der Waals surface area contributed by atoms with E-state index in [0.717, 1.165) is 5.56 Å². The minimum atomic E-state index is -1.56. The minimum absolute atomic E-state index is 0.0162. The minimum Gasteiger partial charge on any atom is -0.476 e. The molecule has 0 aliphatic carbocycles. The smallest absolute Gasteiger partial charge is 0.372 e. The Morgan fingerprint density at radius 1 is 0.455 bits per heavy atom. The molecule has 0 bridgehead atoms. The summed E-state index contributed by atoms with van der Waals surface area (Å²) in [7, 11) is 0. The number of hydrogen-bond donors (Lipinski definition) is 1. The molecule has 1 aromatic rings. The first-order valence-electron chi connectivity index (χ1n) is 14.7. The first-order valence-corrected chi connectivity index (χ1v) is 14.7. The van der Waals surface area contributed by atoms with Crippen LogP contribution in [-0.4, -0.2) is 142 Å². The van der Waals surface area contributed by atoms with Crippen molar-refractivity contribution in [3.63, 3.8) is 0 Å². The number of aliphatic carboxylic acids is 1. The molecule has 44 heavy (non-hydrogen) atoms. The molecule has 0 aromatic heterocycles. The number of carboxylic acids is 1. The van der Waals surface area contributed by atoms with Crippen LogP contribution >= 0.6 is 0 Å². The molecule has 0 unspecified atom stereocenters. The molecule has 0 fully saturated rings. The molecule has 0 radical (unpaired) electrons. The Bertz CT molecular complexity index is 823. The summed E-state index contributed by atoms with van der Waals surface area (Å²) >= 11 is 0.